The lowest BCUT2D eigenvalue weighted by Crippen LogP contribution is -2.26. The van der Waals surface area contributed by atoms with Crippen LogP contribution in [0, 0.1) is 17.3 Å². The number of hydrogen-bond donors (Lipinski definition) is 1. The van der Waals surface area contributed by atoms with Crippen molar-refractivity contribution >= 4 is 5.91 Å². The number of amides is 1. The Labute approximate surface area is 98.5 Å². The number of carbonyl (C=O) groups is 1. The minimum absolute atomic E-state index is 0.105. The van der Waals surface area contributed by atoms with Crippen LogP contribution in [0.1, 0.15) is 46.5 Å². The highest BCUT2D eigenvalue weighted by atomic mass is 16.1. The number of nitrogens with one attached hydrogen (secondary N) is 1. The predicted octanol–water partition coefficient (Wildman–Crippen LogP) is 2.90. The molecule has 3 atom stereocenters. The van der Waals surface area contributed by atoms with Gasteiger partial charge in [-0.15, -0.1) is 0 Å². The summed E-state index contributed by atoms with van der Waals surface area (Å²) in [5.41, 5.74) is 2.05. The molecule has 0 aromatic carbocycles. The molecule has 0 heterocycles. The fourth-order valence-corrected chi connectivity index (χ4v) is 3.11. The van der Waals surface area contributed by atoms with Crippen LogP contribution in [-0.4, -0.2) is 12.5 Å². The molecule has 0 bridgehead atoms. The molecule has 0 saturated heterocycles. The summed E-state index contributed by atoms with van der Waals surface area (Å²) >= 11 is 0. The quantitative estimate of drug-likeness (QED) is 0.729. The van der Waals surface area contributed by atoms with Crippen molar-refractivity contribution in [3.8, 4) is 0 Å². The summed E-state index contributed by atoms with van der Waals surface area (Å²) in [5.74, 6) is 1.66. The Morgan fingerprint density at radius 1 is 1.62 bits per heavy atom. The van der Waals surface area contributed by atoms with E-state index in [1.807, 2.05) is 0 Å². The fraction of sp³-hybridized carbons (Fsp3) is 0.786. The third kappa shape index (κ3) is 2.31. The van der Waals surface area contributed by atoms with Crippen LogP contribution in [0.5, 0.6) is 0 Å². The zero-order valence-corrected chi connectivity index (χ0v) is 10.7. The zero-order chi connectivity index (χ0) is 11.8. The Bertz CT molecular complexity index is 321. The van der Waals surface area contributed by atoms with Gasteiger partial charge in [0.15, 0.2) is 0 Å². The molecular formula is C14H23NO. The van der Waals surface area contributed by atoms with Crippen molar-refractivity contribution < 1.29 is 4.79 Å². The average molecular weight is 221 g/mol. The van der Waals surface area contributed by atoms with Crippen LogP contribution in [-0.2, 0) is 4.79 Å². The highest BCUT2D eigenvalue weighted by Gasteiger charge is 2.54. The van der Waals surface area contributed by atoms with E-state index in [1.165, 1.54) is 25.7 Å². The van der Waals surface area contributed by atoms with Gasteiger partial charge in [0.25, 0.3) is 0 Å². The first-order valence-corrected chi connectivity index (χ1v) is 6.42. The molecule has 0 radical (unpaired) electrons. The van der Waals surface area contributed by atoms with Gasteiger partial charge in [0.05, 0.1) is 0 Å². The molecule has 0 spiro atoms. The van der Waals surface area contributed by atoms with Crippen molar-refractivity contribution in [2.75, 3.05) is 6.54 Å². The predicted molar refractivity (Wildman–Crippen MR) is 66.0 cm³/mol. The third-order valence-corrected chi connectivity index (χ3v) is 4.63. The van der Waals surface area contributed by atoms with Crippen LogP contribution >= 0.6 is 0 Å². The van der Waals surface area contributed by atoms with Gasteiger partial charge in [-0.3, -0.25) is 4.79 Å². The molecule has 0 aliphatic heterocycles. The van der Waals surface area contributed by atoms with Gasteiger partial charge in [-0.1, -0.05) is 18.6 Å². The smallest absolute Gasteiger partial charge is 0.216 e. The Hall–Kier alpha value is -0.790. The SMILES string of the molecule is CC(=O)NCC1CC1(C)C1CC=C(C)CC1. The Morgan fingerprint density at radius 3 is 2.94 bits per heavy atom. The van der Waals surface area contributed by atoms with E-state index in [9.17, 15) is 4.79 Å². The molecule has 1 saturated carbocycles. The summed E-state index contributed by atoms with van der Waals surface area (Å²) in [5, 5.41) is 2.96. The lowest BCUT2D eigenvalue weighted by molar-refractivity contribution is -0.119. The van der Waals surface area contributed by atoms with Crippen LogP contribution in [0.4, 0.5) is 0 Å². The van der Waals surface area contributed by atoms with Crippen molar-refractivity contribution in [2.45, 2.75) is 46.5 Å². The zero-order valence-electron chi connectivity index (χ0n) is 10.7. The summed E-state index contributed by atoms with van der Waals surface area (Å²) in [6, 6.07) is 0. The maximum atomic E-state index is 10.9. The van der Waals surface area contributed by atoms with Crippen LogP contribution in [0.3, 0.4) is 0 Å². The van der Waals surface area contributed by atoms with Gasteiger partial charge in [-0.2, -0.15) is 0 Å². The van der Waals surface area contributed by atoms with E-state index in [1.54, 1.807) is 12.5 Å². The molecule has 2 rings (SSSR count). The van der Waals surface area contributed by atoms with Gasteiger partial charge in [-0.25, -0.2) is 0 Å². The minimum atomic E-state index is 0.105. The molecule has 16 heavy (non-hydrogen) atoms. The first-order chi connectivity index (χ1) is 7.52. The molecule has 0 aromatic rings. The lowest BCUT2D eigenvalue weighted by atomic mass is 9.78. The summed E-state index contributed by atoms with van der Waals surface area (Å²) < 4.78 is 0. The molecule has 90 valence electrons. The number of carbonyl (C=O) groups excluding carboxylic acids is 1. The van der Waals surface area contributed by atoms with E-state index in [-0.39, 0.29) is 5.91 Å². The highest BCUT2D eigenvalue weighted by molar-refractivity contribution is 5.72. The standard InChI is InChI=1S/C14H23NO/c1-10-4-6-12(7-5-10)14(3)8-13(14)9-15-11(2)16/h4,12-13H,5-9H2,1-3H3,(H,15,16). The van der Waals surface area contributed by atoms with Gasteiger partial charge in [0, 0.05) is 13.5 Å². The summed E-state index contributed by atoms with van der Waals surface area (Å²) in [6.07, 6.45) is 7.57. The lowest BCUT2D eigenvalue weighted by Gasteiger charge is -2.27. The maximum absolute atomic E-state index is 10.9. The second-order valence-electron chi connectivity index (χ2n) is 5.87. The topological polar surface area (TPSA) is 29.1 Å². The van der Waals surface area contributed by atoms with Crippen molar-refractivity contribution in [1.29, 1.82) is 0 Å². The molecular weight excluding hydrogens is 198 g/mol. The number of rotatable bonds is 3. The normalized spacial score (nSPS) is 37.8. The summed E-state index contributed by atoms with van der Waals surface area (Å²) in [7, 11) is 0. The molecule has 1 amide bonds. The first-order valence-electron chi connectivity index (χ1n) is 6.42. The average Bonchev–Trinajstić information content (AvgIpc) is 2.89. The molecule has 2 aliphatic rings. The first kappa shape index (κ1) is 11.7. The molecule has 1 fully saturated rings. The van der Waals surface area contributed by atoms with E-state index in [0.29, 0.717) is 11.3 Å². The molecule has 0 aromatic heterocycles. The van der Waals surface area contributed by atoms with E-state index in [4.69, 9.17) is 0 Å². The van der Waals surface area contributed by atoms with E-state index in [2.05, 4.69) is 25.2 Å². The number of hydrogen-bond acceptors (Lipinski definition) is 1. The minimum Gasteiger partial charge on any atom is -0.356 e. The van der Waals surface area contributed by atoms with E-state index in [0.717, 1.165) is 12.5 Å². The van der Waals surface area contributed by atoms with Crippen LogP contribution in [0.15, 0.2) is 11.6 Å². The van der Waals surface area contributed by atoms with Gasteiger partial charge < -0.3 is 5.32 Å². The summed E-state index contributed by atoms with van der Waals surface area (Å²) in [4.78, 5) is 10.9. The van der Waals surface area contributed by atoms with Crippen molar-refractivity contribution in [3.63, 3.8) is 0 Å². The Morgan fingerprint density at radius 2 is 2.38 bits per heavy atom. The van der Waals surface area contributed by atoms with E-state index < -0.39 is 0 Å². The van der Waals surface area contributed by atoms with Crippen molar-refractivity contribution in [3.05, 3.63) is 11.6 Å². The van der Waals surface area contributed by atoms with Crippen LogP contribution in [0.2, 0.25) is 0 Å². The molecule has 2 nitrogen and oxygen atoms in total. The Balaban J connectivity index is 1.85. The van der Waals surface area contributed by atoms with Gasteiger partial charge >= 0.3 is 0 Å². The summed E-state index contributed by atoms with van der Waals surface area (Å²) in [6.45, 7) is 7.12. The van der Waals surface area contributed by atoms with Crippen molar-refractivity contribution in [2.24, 2.45) is 17.3 Å². The molecule has 2 aliphatic carbocycles. The van der Waals surface area contributed by atoms with Crippen molar-refractivity contribution in [1.82, 2.24) is 5.32 Å². The van der Waals surface area contributed by atoms with Crippen LogP contribution < -0.4 is 5.32 Å². The third-order valence-electron chi connectivity index (χ3n) is 4.63. The number of allylic oxidation sites excluding steroid dienone is 2. The van der Waals surface area contributed by atoms with Gasteiger partial charge in [0.2, 0.25) is 5.91 Å². The Kier molecular flexibility index (Phi) is 3.09. The van der Waals surface area contributed by atoms with Gasteiger partial charge in [-0.05, 0) is 49.9 Å². The molecule has 2 heteroatoms. The largest absolute Gasteiger partial charge is 0.356 e. The highest BCUT2D eigenvalue weighted by Crippen LogP contribution is 2.60. The second kappa shape index (κ2) is 4.23. The maximum Gasteiger partial charge on any atom is 0.216 e. The molecule has 1 N–H and O–H groups in total. The van der Waals surface area contributed by atoms with Crippen LogP contribution in [0.25, 0.3) is 0 Å². The molecule has 3 unspecified atom stereocenters. The monoisotopic (exact) mass is 221 g/mol. The van der Waals surface area contributed by atoms with Gasteiger partial charge in [0.1, 0.15) is 0 Å². The fourth-order valence-electron chi connectivity index (χ4n) is 3.11. The van der Waals surface area contributed by atoms with E-state index >= 15 is 0 Å². The second-order valence-corrected chi connectivity index (χ2v) is 5.87.